The zero-order chi connectivity index (χ0) is 16.0. The highest BCUT2D eigenvalue weighted by atomic mass is 32.2. The molecule has 0 saturated heterocycles. The molecule has 0 radical (unpaired) electrons. The predicted octanol–water partition coefficient (Wildman–Crippen LogP) is 0.110. The Morgan fingerprint density at radius 1 is 1.38 bits per heavy atom. The minimum Gasteiger partial charge on any atom is -0.324 e. The molecule has 9 nitrogen and oxygen atoms in total. The zero-order valence-corrected chi connectivity index (χ0v) is 12.7. The molecular formula is C11H19N5O4S. The predicted molar refractivity (Wildman–Crippen MR) is 79.3 cm³/mol. The third kappa shape index (κ3) is 4.93. The summed E-state index contributed by atoms with van der Waals surface area (Å²) in [5, 5.41) is 11.0. The average molecular weight is 317 g/mol. The lowest BCUT2D eigenvalue weighted by Crippen LogP contribution is -2.28. The number of hydrogen-bond acceptors (Lipinski definition) is 7. The molecule has 0 unspecified atom stereocenters. The van der Waals surface area contributed by atoms with E-state index in [1.165, 1.54) is 6.07 Å². The van der Waals surface area contributed by atoms with Gasteiger partial charge in [0, 0.05) is 12.6 Å². The Balaban J connectivity index is 2.94. The van der Waals surface area contributed by atoms with E-state index in [0.29, 0.717) is 13.0 Å². The van der Waals surface area contributed by atoms with Crippen LogP contribution in [-0.2, 0) is 10.0 Å². The number of anilines is 1. The second-order valence-corrected chi connectivity index (χ2v) is 6.37. The van der Waals surface area contributed by atoms with Crippen molar-refractivity contribution in [3.8, 4) is 0 Å². The number of benzene rings is 1. The highest BCUT2D eigenvalue weighted by Crippen LogP contribution is 2.26. The van der Waals surface area contributed by atoms with E-state index in [4.69, 9.17) is 5.84 Å². The van der Waals surface area contributed by atoms with Crippen molar-refractivity contribution < 1.29 is 13.3 Å². The minimum atomic E-state index is -3.94. The molecular weight excluding hydrogens is 298 g/mol. The number of hydrazine groups is 1. The molecule has 0 bridgehead atoms. The molecule has 4 N–H and O–H groups in total. The van der Waals surface area contributed by atoms with Gasteiger partial charge in [0.1, 0.15) is 0 Å². The van der Waals surface area contributed by atoms with Crippen LogP contribution < -0.4 is 16.0 Å². The molecule has 21 heavy (non-hydrogen) atoms. The minimum absolute atomic E-state index is 0.203. The highest BCUT2D eigenvalue weighted by molar-refractivity contribution is 7.89. The van der Waals surface area contributed by atoms with Gasteiger partial charge in [-0.05, 0) is 39.2 Å². The summed E-state index contributed by atoms with van der Waals surface area (Å²) in [6, 6.07) is 3.59. The monoisotopic (exact) mass is 317 g/mol. The Kier molecular flexibility index (Phi) is 6.03. The fraction of sp³-hybridized carbons (Fsp3) is 0.455. The summed E-state index contributed by atoms with van der Waals surface area (Å²) in [5.74, 6) is 5.16. The van der Waals surface area contributed by atoms with Crippen molar-refractivity contribution >= 4 is 21.4 Å². The van der Waals surface area contributed by atoms with Gasteiger partial charge in [-0.3, -0.25) is 16.0 Å². The molecule has 0 spiro atoms. The van der Waals surface area contributed by atoms with Crippen molar-refractivity contribution in [2.75, 3.05) is 32.6 Å². The maximum absolute atomic E-state index is 12.1. The van der Waals surface area contributed by atoms with E-state index in [-0.39, 0.29) is 17.1 Å². The van der Waals surface area contributed by atoms with Gasteiger partial charge < -0.3 is 10.3 Å². The van der Waals surface area contributed by atoms with Crippen molar-refractivity contribution in [1.82, 2.24) is 9.62 Å². The third-order valence-electron chi connectivity index (χ3n) is 2.69. The van der Waals surface area contributed by atoms with Crippen LogP contribution in [0.15, 0.2) is 23.1 Å². The van der Waals surface area contributed by atoms with Crippen LogP contribution in [0.25, 0.3) is 0 Å². The van der Waals surface area contributed by atoms with Gasteiger partial charge in [-0.2, -0.15) is 0 Å². The van der Waals surface area contributed by atoms with Crippen LogP contribution in [-0.4, -0.2) is 45.4 Å². The van der Waals surface area contributed by atoms with Crippen LogP contribution in [0.3, 0.4) is 0 Å². The lowest BCUT2D eigenvalue weighted by molar-refractivity contribution is -0.387. The van der Waals surface area contributed by atoms with Gasteiger partial charge in [-0.25, -0.2) is 13.1 Å². The second kappa shape index (κ2) is 7.31. The number of nitrogens with zero attached hydrogens (tertiary/aromatic N) is 2. The van der Waals surface area contributed by atoms with Gasteiger partial charge in [0.15, 0.2) is 4.90 Å². The first-order chi connectivity index (χ1) is 9.77. The van der Waals surface area contributed by atoms with E-state index >= 15 is 0 Å². The lowest BCUT2D eigenvalue weighted by Gasteiger charge is -2.11. The maximum atomic E-state index is 12.1. The fourth-order valence-electron chi connectivity index (χ4n) is 1.66. The average Bonchev–Trinajstić information content (AvgIpc) is 2.42. The van der Waals surface area contributed by atoms with Crippen LogP contribution in [0.2, 0.25) is 0 Å². The number of nitrogens with two attached hydrogens (primary N) is 1. The first kappa shape index (κ1) is 17.3. The van der Waals surface area contributed by atoms with E-state index in [1.54, 1.807) is 0 Å². The van der Waals surface area contributed by atoms with Crippen molar-refractivity contribution in [2.45, 2.75) is 11.3 Å². The molecule has 0 atom stereocenters. The quantitative estimate of drug-likeness (QED) is 0.268. The van der Waals surface area contributed by atoms with Crippen molar-refractivity contribution in [2.24, 2.45) is 5.84 Å². The van der Waals surface area contributed by atoms with Gasteiger partial charge in [0.05, 0.1) is 10.6 Å². The number of nitrogens with one attached hydrogen (secondary N) is 2. The first-order valence-electron chi connectivity index (χ1n) is 6.17. The topological polar surface area (TPSA) is 131 Å². The molecule has 0 aliphatic rings. The largest absolute Gasteiger partial charge is 0.324 e. The Morgan fingerprint density at radius 2 is 2.05 bits per heavy atom. The van der Waals surface area contributed by atoms with Gasteiger partial charge in [0.2, 0.25) is 10.0 Å². The standard InChI is InChI=1S/C11H19N5O4S/c1-15(2)7-3-6-13-21(19,20)11-5-4-9(14-12)8-10(11)16(17)18/h4-5,8,13-14H,3,6-7,12H2,1-2H3. The molecule has 118 valence electrons. The Morgan fingerprint density at radius 3 is 2.57 bits per heavy atom. The summed E-state index contributed by atoms with van der Waals surface area (Å²) in [6.45, 7) is 0.912. The molecule has 10 heteroatoms. The Labute approximate surface area is 123 Å². The zero-order valence-electron chi connectivity index (χ0n) is 11.9. The summed E-state index contributed by atoms with van der Waals surface area (Å²) in [4.78, 5) is 11.8. The van der Waals surface area contributed by atoms with Gasteiger partial charge in [-0.15, -0.1) is 0 Å². The summed E-state index contributed by atoms with van der Waals surface area (Å²) in [6.07, 6.45) is 0.600. The summed E-state index contributed by atoms with van der Waals surface area (Å²) in [7, 11) is -0.192. The van der Waals surface area contributed by atoms with Gasteiger partial charge in [0.25, 0.3) is 5.69 Å². The second-order valence-electron chi connectivity index (χ2n) is 4.64. The molecule has 1 aromatic carbocycles. The van der Waals surface area contributed by atoms with Crippen LogP contribution in [0.4, 0.5) is 11.4 Å². The number of nitrogen functional groups attached to an aromatic ring is 1. The van der Waals surface area contributed by atoms with E-state index in [0.717, 1.165) is 12.1 Å². The normalized spacial score (nSPS) is 11.6. The Bertz CT molecular complexity index is 603. The van der Waals surface area contributed by atoms with Crippen molar-refractivity contribution in [3.63, 3.8) is 0 Å². The molecule has 0 amide bonds. The molecule has 0 aromatic heterocycles. The SMILES string of the molecule is CN(C)CCCNS(=O)(=O)c1ccc(NN)cc1[N+](=O)[O-]. The molecule has 0 saturated carbocycles. The van der Waals surface area contributed by atoms with Crippen molar-refractivity contribution in [3.05, 3.63) is 28.3 Å². The number of hydrogen-bond donors (Lipinski definition) is 3. The van der Waals surface area contributed by atoms with Crippen LogP contribution >= 0.6 is 0 Å². The van der Waals surface area contributed by atoms with Gasteiger partial charge >= 0.3 is 0 Å². The molecule has 0 heterocycles. The smallest absolute Gasteiger partial charge is 0.291 e. The summed E-state index contributed by atoms with van der Waals surface area (Å²) in [5.41, 5.74) is 1.98. The molecule has 1 aromatic rings. The first-order valence-corrected chi connectivity index (χ1v) is 7.65. The number of rotatable bonds is 8. The summed E-state index contributed by atoms with van der Waals surface area (Å²) < 4.78 is 26.6. The molecule has 0 aliphatic carbocycles. The number of nitro groups is 1. The van der Waals surface area contributed by atoms with Crippen LogP contribution in [0.1, 0.15) is 6.42 Å². The number of sulfonamides is 1. The van der Waals surface area contributed by atoms with Crippen LogP contribution in [0.5, 0.6) is 0 Å². The third-order valence-corrected chi connectivity index (χ3v) is 4.19. The maximum Gasteiger partial charge on any atom is 0.291 e. The highest BCUT2D eigenvalue weighted by Gasteiger charge is 2.25. The molecule has 1 rings (SSSR count). The van der Waals surface area contributed by atoms with E-state index in [2.05, 4.69) is 10.1 Å². The fourth-order valence-corrected chi connectivity index (χ4v) is 2.88. The van der Waals surface area contributed by atoms with Gasteiger partial charge in [-0.1, -0.05) is 0 Å². The summed E-state index contributed by atoms with van der Waals surface area (Å²) >= 11 is 0. The van der Waals surface area contributed by atoms with E-state index < -0.39 is 20.6 Å². The van der Waals surface area contributed by atoms with Crippen LogP contribution in [0, 0.1) is 10.1 Å². The number of nitro benzene ring substituents is 1. The van der Waals surface area contributed by atoms with E-state index in [9.17, 15) is 18.5 Å². The molecule has 0 aliphatic heterocycles. The lowest BCUT2D eigenvalue weighted by atomic mass is 10.3. The Hall–Kier alpha value is -1.75. The van der Waals surface area contributed by atoms with Crippen molar-refractivity contribution in [1.29, 1.82) is 0 Å². The van der Waals surface area contributed by atoms with E-state index in [1.807, 2.05) is 19.0 Å². The molecule has 0 fully saturated rings.